The van der Waals surface area contributed by atoms with Gasteiger partial charge in [-0.15, -0.1) is 0 Å². The number of hydrogen-bond donors (Lipinski definition) is 1. The fraction of sp³-hybridized carbons (Fsp3) is 0.500. The second-order valence-electron chi connectivity index (χ2n) is 1.93. The molecule has 0 radical (unpaired) electrons. The van der Waals surface area contributed by atoms with Gasteiger partial charge in [-0.2, -0.15) is 0 Å². The zero-order chi connectivity index (χ0) is 8.85. The van der Waals surface area contributed by atoms with E-state index in [-0.39, 0.29) is 17.8 Å². The van der Waals surface area contributed by atoms with Crippen molar-refractivity contribution in [3.63, 3.8) is 0 Å². The molecule has 1 amide bonds. The maximum Gasteiger partial charge on any atom is 0.404 e. The van der Waals surface area contributed by atoms with Crippen LogP contribution in [0.5, 0.6) is 0 Å². The third-order valence-corrected chi connectivity index (χ3v) is 1.50. The molecule has 0 fully saturated rings. The molecule has 0 rings (SSSR count). The molecule has 0 aromatic rings. The summed E-state index contributed by atoms with van der Waals surface area (Å²) in [6.07, 6.45) is -0.897. The molecule has 0 aliphatic carbocycles. The van der Waals surface area contributed by atoms with Gasteiger partial charge in [-0.3, -0.25) is 0 Å². The highest BCUT2D eigenvalue weighted by Crippen LogP contribution is 2.08. The van der Waals surface area contributed by atoms with Crippen molar-refractivity contribution in [2.75, 3.05) is 11.9 Å². The number of carbonyl (C=O) groups is 1. The summed E-state index contributed by atoms with van der Waals surface area (Å²) in [6.45, 7) is 1.44. The molecule has 3 nitrogen and oxygen atoms in total. The number of ether oxygens (including phenoxy) is 1. The maximum absolute atomic E-state index is 12.6. The van der Waals surface area contributed by atoms with Crippen LogP contribution in [0.25, 0.3) is 0 Å². The van der Waals surface area contributed by atoms with Crippen LogP contribution in [0.4, 0.5) is 9.18 Å². The molecule has 2 N–H and O–H groups in total. The van der Waals surface area contributed by atoms with Gasteiger partial charge >= 0.3 is 6.09 Å². The van der Waals surface area contributed by atoms with Crippen molar-refractivity contribution in [2.24, 2.45) is 5.73 Å². The standard InChI is InChI=1S/C6H9BrFNO2/c1-4(5(8)2-7)3-11-6(9)10/h2-3H2,1H3,(H2,9,10)/b5-4+. The summed E-state index contributed by atoms with van der Waals surface area (Å²) in [5.41, 5.74) is 5.03. The first kappa shape index (κ1) is 10.4. The van der Waals surface area contributed by atoms with E-state index in [9.17, 15) is 9.18 Å². The van der Waals surface area contributed by atoms with Crippen molar-refractivity contribution in [1.29, 1.82) is 0 Å². The van der Waals surface area contributed by atoms with Crippen molar-refractivity contribution < 1.29 is 13.9 Å². The minimum absolute atomic E-state index is 0.0905. The SMILES string of the molecule is C/C(COC(N)=O)=C(\F)CBr. The third-order valence-electron chi connectivity index (χ3n) is 1.01. The Bertz CT molecular complexity index is 181. The summed E-state index contributed by atoms with van der Waals surface area (Å²) in [6, 6.07) is 0. The summed E-state index contributed by atoms with van der Waals surface area (Å²) in [5, 5.41) is 0.126. The number of halogens is 2. The lowest BCUT2D eigenvalue weighted by molar-refractivity contribution is 0.166. The Balaban J connectivity index is 3.85. The Labute approximate surface area is 72.5 Å². The van der Waals surface area contributed by atoms with E-state index in [0.29, 0.717) is 5.57 Å². The van der Waals surface area contributed by atoms with E-state index < -0.39 is 6.09 Å². The second kappa shape index (κ2) is 5.12. The number of hydrogen-bond acceptors (Lipinski definition) is 2. The first-order chi connectivity index (χ1) is 5.07. The van der Waals surface area contributed by atoms with Gasteiger partial charge in [0.05, 0.1) is 5.33 Å². The molecular weight excluding hydrogens is 217 g/mol. The Morgan fingerprint density at radius 3 is 2.64 bits per heavy atom. The quantitative estimate of drug-likeness (QED) is 0.745. The number of nitrogens with two attached hydrogens (primary N) is 1. The van der Waals surface area contributed by atoms with Crippen LogP contribution in [0.3, 0.4) is 0 Å². The van der Waals surface area contributed by atoms with E-state index in [1.54, 1.807) is 0 Å². The van der Waals surface area contributed by atoms with Gasteiger partial charge in [0.2, 0.25) is 0 Å². The fourth-order valence-electron chi connectivity index (χ4n) is 0.372. The summed E-state index contributed by atoms with van der Waals surface area (Å²) in [4.78, 5) is 10.1. The van der Waals surface area contributed by atoms with Gasteiger partial charge in [0, 0.05) is 0 Å². The van der Waals surface area contributed by atoms with Gasteiger partial charge in [0.25, 0.3) is 0 Å². The first-order valence-corrected chi connectivity index (χ1v) is 4.02. The lowest BCUT2D eigenvalue weighted by Crippen LogP contribution is -2.14. The van der Waals surface area contributed by atoms with E-state index in [1.165, 1.54) is 6.92 Å². The molecule has 5 heteroatoms. The number of amides is 1. The van der Waals surface area contributed by atoms with Gasteiger partial charge in [-0.25, -0.2) is 9.18 Å². The van der Waals surface area contributed by atoms with E-state index >= 15 is 0 Å². The number of allylic oxidation sites excluding steroid dienone is 1. The Morgan fingerprint density at radius 1 is 1.73 bits per heavy atom. The van der Waals surface area contributed by atoms with Crippen LogP contribution in [0.2, 0.25) is 0 Å². The predicted octanol–water partition coefficient (Wildman–Crippen LogP) is 1.72. The maximum atomic E-state index is 12.6. The van der Waals surface area contributed by atoms with Crippen molar-refractivity contribution in [2.45, 2.75) is 6.92 Å². The van der Waals surface area contributed by atoms with Gasteiger partial charge in [0.1, 0.15) is 12.4 Å². The Kier molecular flexibility index (Phi) is 4.85. The zero-order valence-electron chi connectivity index (χ0n) is 6.06. The largest absolute Gasteiger partial charge is 0.445 e. The van der Waals surface area contributed by atoms with Crippen LogP contribution in [0.15, 0.2) is 11.4 Å². The topological polar surface area (TPSA) is 52.3 Å². The van der Waals surface area contributed by atoms with Crippen molar-refractivity contribution in [1.82, 2.24) is 0 Å². The molecule has 0 aliphatic rings. The molecule has 0 aromatic carbocycles. The Morgan fingerprint density at radius 2 is 2.27 bits per heavy atom. The van der Waals surface area contributed by atoms with Crippen LogP contribution in [-0.2, 0) is 4.74 Å². The van der Waals surface area contributed by atoms with E-state index in [1.807, 2.05) is 0 Å². The molecule has 64 valence electrons. The average Bonchev–Trinajstić information content (AvgIpc) is 1.98. The van der Waals surface area contributed by atoms with Crippen LogP contribution in [0.1, 0.15) is 6.92 Å². The minimum atomic E-state index is -0.897. The lowest BCUT2D eigenvalue weighted by atomic mass is 10.3. The third kappa shape index (κ3) is 4.78. The van der Waals surface area contributed by atoms with E-state index in [0.717, 1.165) is 0 Å². The van der Waals surface area contributed by atoms with Crippen molar-refractivity contribution in [3.8, 4) is 0 Å². The lowest BCUT2D eigenvalue weighted by Gasteiger charge is -2.01. The highest BCUT2D eigenvalue weighted by atomic mass is 79.9. The van der Waals surface area contributed by atoms with E-state index in [2.05, 4.69) is 26.4 Å². The molecule has 0 bridgehead atoms. The normalized spacial score (nSPS) is 12.3. The van der Waals surface area contributed by atoms with Gasteiger partial charge in [-0.05, 0) is 12.5 Å². The average molecular weight is 226 g/mol. The molecule has 0 unspecified atom stereocenters. The molecule has 0 aromatic heterocycles. The summed E-state index contributed by atoms with van der Waals surface area (Å²) < 4.78 is 16.9. The predicted molar refractivity (Wildman–Crippen MR) is 43.1 cm³/mol. The number of carbonyl (C=O) groups excluding carboxylic acids is 1. The van der Waals surface area contributed by atoms with Gasteiger partial charge in [0.15, 0.2) is 0 Å². The van der Waals surface area contributed by atoms with Crippen molar-refractivity contribution in [3.05, 3.63) is 11.4 Å². The zero-order valence-corrected chi connectivity index (χ0v) is 7.65. The summed E-state index contributed by atoms with van der Waals surface area (Å²) in [7, 11) is 0. The number of rotatable bonds is 3. The van der Waals surface area contributed by atoms with E-state index in [4.69, 9.17) is 0 Å². The molecule has 0 spiro atoms. The van der Waals surface area contributed by atoms with Crippen LogP contribution < -0.4 is 5.73 Å². The van der Waals surface area contributed by atoms with Crippen molar-refractivity contribution >= 4 is 22.0 Å². The molecule has 0 saturated heterocycles. The summed E-state index contributed by atoms with van der Waals surface area (Å²) in [5.74, 6) is -0.341. The molecule has 0 atom stereocenters. The summed E-state index contributed by atoms with van der Waals surface area (Å²) >= 11 is 2.92. The van der Waals surface area contributed by atoms with Crippen LogP contribution in [0, 0.1) is 0 Å². The smallest absolute Gasteiger partial charge is 0.404 e. The molecule has 11 heavy (non-hydrogen) atoms. The monoisotopic (exact) mass is 225 g/mol. The Hall–Kier alpha value is -0.580. The molecular formula is C6H9BrFNO2. The van der Waals surface area contributed by atoms with Crippen LogP contribution in [-0.4, -0.2) is 18.0 Å². The molecule has 0 heterocycles. The minimum Gasteiger partial charge on any atom is -0.445 e. The first-order valence-electron chi connectivity index (χ1n) is 2.90. The fourth-order valence-corrected chi connectivity index (χ4v) is 0.850. The molecule has 0 aliphatic heterocycles. The second-order valence-corrected chi connectivity index (χ2v) is 2.49. The number of primary amides is 1. The highest BCUT2D eigenvalue weighted by Gasteiger charge is 2.01. The van der Waals surface area contributed by atoms with Gasteiger partial charge < -0.3 is 10.5 Å². The number of alkyl halides is 1. The van der Waals surface area contributed by atoms with Gasteiger partial charge in [-0.1, -0.05) is 15.9 Å². The highest BCUT2D eigenvalue weighted by molar-refractivity contribution is 9.09. The van der Waals surface area contributed by atoms with Crippen LogP contribution >= 0.6 is 15.9 Å². The molecule has 0 saturated carbocycles.